The van der Waals surface area contributed by atoms with Crippen LogP contribution in [0, 0.1) is 12.8 Å². The summed E-state index contributed by atoms with van der Waals surface area (Å²) in [6.45, 7) is 2.59. The molecule has 0 saturated carbocycles. The highest BCUT2D eigenvalue weighted by Gasteiger charge is 2.30. The quantitative estimate of drug-likeness (QED) is 0.891. The Hall–Kier alpha value is -1.80. The van der Waals surface area contributed by atoms with Gasteiger partial charge in [0.05, 0.1) is 12.7 Å². The molecule has 2 atom stereocenters. The number of hydrogen-bond donors (Lipinski definition) is 1. The predicted octanol–water partition coefficient (Wildman–Crippen LogP) is 3.28. The zero-order valence-corrected chi connectivity index (χ0v) is 11.0. The van der Waals surface area contributed by atoms with Crippen molar-refractivity contribution in [2.75, 3.05) is 6.61 Å². The van der Waals surface area contributed by atoms with Gasteiger partial charge in [-0.2, -0.15) is 0 Å². The monoisotopic (exact) mass is 254 g/mol. The van der Waals surface area contributed by atoms with Crippen molar-refractivity contribution in [3.05, 3.63) is 65.2 Å². The minimum atomic E-state index is -0.441. The molecule has 1 aliphatic rings. The minimum absolute atomic E-state index is 0.122. The summed E-state index contributed by atoms with van der Waals surface area (Å²) in [6.07, 6.45) is 0.402. The van der Waals surface area contributed by atoms with Crippen molar-refractivity contribution in [2.24, 2.45) is 5.92 Å². The van der Waals surface area contributed by atoms with E-state index in [4.69, 9.17) is 4.74 Å². The Morgan fingerprint density at radius 3 is 2.68 bits per heavy atom. The first-order chi connectivity index (χ1) is 9.25. The van der Waals surface area contributed by atoms with Crippen molar-refractivity contribution in [2.45, 2.75) is 19.4 Å². The van der Waals surface area contributed by atoms with Crippen molar-refractivity contribution in [3.63, 3.8) is 0 Å². The Morgan fingerprint density at radius 1 is 1.11 bits per heavy atom. The van der Waals surface area contributed by atoms with Gasteiger partial charge in [0.1, 0.15) is 5.75 Å². The van der Waals surface area contributed by atoms with E-state index in [2.05, 4.69) is 12.1 Å². The maximum Gasteiger partial charge on any atom is 0.128 e. The molecule has 0 spiro atoms. The lowest BCUT2D eigenvalue weighted by atomic mass is 9.87. The van der Waals surface area contributed by atoms with Gasteiger partial charge in [0, 0.05) is 11.5 Å². The summed E-state index contributed by atoms with van der Waals surface area (Å²) in [5, 5.41) is 10.5. The summed E-state index contributed by atoms with van der Waals surface area (Å²) >= 11 is 0. The second-order valence-electron chi connectivity index (χ2n) is 5.20. The largest absolute Gasteiger partial charge is 0.493 e. The van der Waals surface area contributed by atoms with Crippen LogP contribution < -0.4 is 4.74 Å². The maximum atomic E-state index is 10.5. The maximum absolute atomic E-state index is 10.5. The number of aryl methyl sites for hydroxylation is 1. The second kappa shape index (κ2) is 5.06. The molecule has 0 fully saturated rings. The lowest BCUT2D eigenvalue weighted by Gasteiger charge is -2.31. The highest BCUT2D eigenvalue weighted by atomic mass is 16.5. The topological polar surface area (TPSA) is 29.5 Å². The number of rotatable bonds is 2. The van der Waals surface area contributed by atoms with E-state index in [1.165, 1.54) is 5.56 Å². The summed E-state index contributed by atoms with van der Waals surface area (Å²) in [7, 11) is 0. The number of ether oxygens (including phenoxy) is 1. The first-order valence-electron chi connectivity index (χ1n) is 6.70. The van der Waals surface area contributed by atoms with Crippen LogP contribution in [0.5, 0.6) is 5.75 Å². The first kappa shape index (κ1) is 12.2. The molecule has 0 amide bonds. The van der Waals surface area contributed by atoms with E-state index in [-0.39, 0.29) is 5.92 Å². The van der Waals surface area contributed by atoms with Crippen LogP contribution in [0.4, 0.5) is 0 Å². The number of aliphatic hydroxyl groups is 1. The fraction of sp³-hybridized carbons (Fsp3) is 0.294. The fourth-order valence-corrected chi connectivity index (χ4v) is 2.73. The van der Waals surface area contributed by atoms with Crippen molar-refractivity contribution in [1.29, 1.82) is 0 Å². The molecule has 3 rings (SSSR count). The van der Waals surface area contributed by atoms with Crippen LogP contribution >= 0.6 is 0 Å². The molecular formula is C17H18O2. The molecule has 0 saturated heterocycles. The average Bonchev–Trinajstić information content (AvgIpc) is 2.44. The highest BCUT2D eigenvalue weighted by molar-refractivity contribution is 5.43. The van der Waals surface area contributed by atoms with Crippen LogP contribution in [0.2, 0.25) is 0 Å². The summed E-state index contributed by atoms with van der Waals surface area (Å²) < 4.78 is 5.85. The Bertz CT molecular complexity index is 563. The lowest BCUT2D eigenvalue weighted by molar-refractivity contribution is 0.0504. The van der Waals surface area contributed by atoms with Crippen molar-refractivity contribution in [3.8, 4) is 5.75 Å². The number of benzene rings is 2. The Labute approximate surface area is 113 Å². The number of aliphatic hydroxyl groups excluding tert-OH is 1. The highest BCUT2D eigenvalue weighted by Crippen LogP contribution is 2.38. The van der Waals surface area contributed by atoms with Gasteiger partial charge in [0.25, 0.3) is 0 Å². The molecular weight excluding hydrogens is 236 g/mol. The molecule has 1 N–H and O–H groups in total. The van der Waals surface area contributed by atoms with Crippen LogP contribution in [0.15, 0.2) is 48.5 Å². The average molecular weight is 254 g/mol. The van der Waals surface area contributed by atoms with E-state index >= 15 is 0 Å². The van der Waals surface area contributed by atoms with E-state index in [1.54, 1.807) is 0 Å². The zero-order valence-electron chi connectivity index (χ0n) is 11.0. The molecule has 19 heavy (non-hydrogen) atoms. The van der Waals surface area contributed by atoms with Gasteiger partial charge < -0.3 is 9.84 Å². The van der Waals surface area contributed by atoms with E-state index in [1.807, 2.05) is 43.3 Å². The lowest BCUT2D eigenvalue weighted by Crippen LogP contribution is -2.28. The Kier molecular flexibility index (Phi) is 3.26. The van der Waals surface area contributed by atoms with Crippen LogP contribution in [0.25, 0.3) is 0 Å². The first-order valence-corrected chi connectivity index (χ1v) is 6.70. The fourth-order valence-electron chi connectivity index (χ4n) is 2.73. The molecule has 1 heterocycles. The molecule has 0 bridgehead atoms. The molecule has 0 aliphatic carbocycles. The van der Waals surface area contributed by atoms with Gasteiger partial charge in [-0.1, -0.05) is 48.5 Å². The van der Waals surface area contributed by atoms with Crippen LogP contribution in [-0.4, -0.2) is 11.7 Å². The summed E-state index contributed by atoms with van der Waals surface area (Å²) in [4.78, 5) is 0. The van der Waals surface area contributed by atoms with Gasteiger partial charge in [0.2, 0.25) is 0 Å². The van der Waals surface area contributed by atoms with Crippen LogP contribution in [0.3, 0.4) is 0 Å². The molecule has 0 aromatic heterocycles. The Balaban J connectivity index is 1.84. The molecule has 2 unspecified atom stereocenters. The SMILES string of the molecule is Cc1cccc2c1OCC(Cc1ccccc1)C2O. The number of para-hydroxylation sites is 1. The van der Waals surface area contributed by atoms with Crippen molar-refractivity contribution >= 4 is 0 Å². The molecule has 2 heteroatoms. The Morgan fingerprint density at radius 2 is 1.89 bits per heavy atom. The van der Waals surface area contributed by atoms with Gasteiger partial charge in [-0.05, 0) is 24.5 Å². The molecule has 2 nitrogen and oxygen atoms in total. The van der Waals surface area contributed by atoms with Crippen LogP contribution in [-0.2, 0) is 6.42 Å². The third-order valence-electron chi connectivity index (χ3n) is 3.79. The third-order valence-corrected chi connectivity index (χ3v) is 3.79. The van der Waals surface area contributed by atoms with Gasteiger partial charge in [0.15, 0.2) is 0 Å². The molecule has 1 aliphatic heterocycles. The predicted molar refractivity (Wildman–Crippen MR) is 75.3 cm³/mol. The normalized spacial score (nSPS) is 21.6. The summed E-state index contributed by atoms with van der Waals surface area (Å²) in [5.41, 5.74) is 3.26. The van der Waals surface area contributed by atoms with E-state index in [0.29, 0.717) is 6.61 Å². The third kappa shape index (κ3) is 2.36. The van der Waals surface area contributed by atoms with E-state index in [0.717, 1.165) is 23.3 Å². The summed E-state index contributed by atoms with van der Waals surface area (Å²) in [5.74, 6) is 0.982. The number of fused-ring (bicyclic) bond motifs is 1. The standard InChI is InChI=1S/C17H18O2/c1-12-6-5-9-15-16(18)14(11-19-17(12)15)10-13-7-3-2-4-8-13/h2-9,14,16,18H,10-11H2,1H3. The zero-order chi connectivity index (χ0) is 13.2. The van der Waals surface area contributed by atoms with Gasteiger partial charge in [-0.25, -0.2) is 0 Å². The van der Waals surface area contributed by atoms with Gasteiger partial charge in [-0.15, -0.1) is 0 Å². The van der Waals surface area contributed by atoms with E-state index in [9.17, 15) is 5.11 Å². The second-order valence-corrected chi connectivity index (χ2v) is 5.20. The van der Waals surface area contributed by atoms with Crippen LogP contribution in [0.1, 0.15) is 22.8 Å². The molecule has 0 radical (unpaired) electrons. The molecule has 2 aromatic carbocycles. The number of hydrogen-bond acceptors (Lipinski definition) is 2. The van der Waals surface area contributed by atoms with Gasteiger partial charge >= 0.3 is 0 Å². The van der Waals surface area contributed by atoms with Crippen molar-refractivity contribution in [1.82, 2.24) is 0 Å². The molecule has 98 valence electrons. The smallest absolute Gasteiger partial charge is 0.128 e. The minimum Gasteiger partial charge on any atom is -0.493 e. The summed E-state index contributed by atoms with van der Waals surface area (Å²) in [6, 6.07) is 16.2. The van der Waals surface area contributed by atoms with Crippen molar-refractivity contribution < 1.29 is 9.84 Å². The van der Waals surface area contributed by atoms with E-state index < -0.39 is 6.10 Å². The van der Waals surface area contributed by atoms with Gasteiger partial charge in [-0.3, -0.25) is 0 Å². The molecule has 2 aromatic rings.